The third-order valence-corrected chi connectivity index (χ3v) is 4.79. The first-order chi connectivity index (χ1) is 11.3. The number of aromatic amines is 1. The van der Waals surface area contributed by atoms with E-state index >= 15 is 0 Å². The van der Waals surface area contributed by atoms with Gasteiger partial charge in [-0.05, 0) is 41.3 Å². The fourth-order valence-corrected chi connectivity index (χ4v) is 3.33. The van der Waals surface area contributed by atoms with Crippen LogP contribution in [0.3, 0.4) is 0 Å². The maximum absolute atomic E-state index is 12.9. The molecule has 1 aromatic carbocycles. The maximum Gasteiger partial charge on any atom is 0.272 e. The Kier molecular flexibility index (Phi) is 3.71. The molecule has 0 aliphatic heterocycles. The topological polar surface area (TPSA) is 49.0 Å². The van der Waals surface area contributed by atoms with E-state index in [1.807, 2.05) is 41.3 Å². The Balaban J connectivity index is 1.56. The van der Waals surface area contributed by atoms with Crippen molar-refractivity contribution in [1.82, 2.24) is 15.1 Å². The van der Waals surface area contributed by atoms with Gasteiger partial charge in [-0.1, -0.05) is 30.3 Å². The molecular weight excluding hydrogens is 306 g/mol. The molecule has 1 aliphatic carbocycles. The summed E-state index contributed by atoms with van der Waals surface area (Å²) in [5.74, 6) is 0.0355. The minimum absolute atomic E-state index is 0.0355. The van der Waals surface area contributed by atoms with Crippen LogP contribution < -0.4 is 0 Å². The molecule has 2 aromatic heterocycles. The van der Waals surface area contributed by atoms with Crippen LogP contribution in [0.4, 0.5) is 0 Å². The highest BCUT2D eigenvalue weighted by Gasteiger charge is 2.33. The van der Waals surface area contributed by atoms with Gasteiger partial charge in [0.25, 0.3) is 5.91 Å². The number of hydrogen-bond donors (Lipinski definition) is 1. The summed E-state index contributed by atoms with van der Waals surface area (Å²) in [4.78, 5) is 14.8. The normalized spacial score (nSPS) is 13.9. The van der Waals surface area contributed by atoms with Crippen LogP contribution in [0.1, 0.15) is 28.9 Å². The van der Waals surface area contributed by atoms with Crippen LogP contribution >= 0.6 is 11.3 Å². The van der Waals surface area contributed by atoms with Crippen molar-refractivity contribution in [3.63, 3.8) is 0 Å². The highest BCUT2D eigenvalue weighted by atomic mass is 32.1. The number of amides is 1. The second-order valence-corrected chi connectivity index (χ2v) is 6.61. The van der Waals surface area contributed by atoms with Crippen molar-refractivity contribution in [3.05, 3.63) is 64.5 Å². The summed E-state index contributed by atoms with van der Waals surface area (Å²) >= 11 is 1.66. The number of hydrogen-bond acceptors (Lipinski definition) is 3. The van der Waals surface area contributed by atoms with E-state index in [1.54, 1.807) is 11.3 Å². The van der Waals surface area contributed by atoms with E-state index < -0.39 is 0 Å². The molecule has 0 saturated heterocycles. The van der Waals surface area contributed by atoms with Crippen molar-refractivity contribution >= 4 is 17.2 Å². The summed E-state index contributed by atoms with van der Waals surface area (Å²) in [7, 11) is 0. The van der Waals surface area contributed by atoms with Crippen molar-refractivity contribution in [3.8, 4) is 11.3 Å². The molecule has 23 heavy (non-hydrogen) atoms. The van der Waals surface area contributed by atoms with Crippen LogP contribution in [-0.2, 0) is 6.54 Å². The minimum Gasteiger partial charge on any atom is -0.330 e. The first-order valence-electron chi connectivity index (χ1n) is 7.74. The quantitative estimate of drug-likeness (QED) is 0.773. The molecule has 0 bridgehead atoms. The minimum atomic E-state index is 0.0355. The molecular formula is C18H17N3OS. The van der Waals surface area contributed by atoms with Crippen LogP contribution in [0.15, 0.2) is 53.2 Å². The zero-order valence-electron chi connectivity index (χ0n) is 12.6. The highest BCUT2D eigenvalue weighted by Crippen LogP contribution is 2.30. The van der Waals surface area contributed by atoms with Gasteiger partial charge in [-0.3, -0.25) is 9.89 Å². The average molecular weight is 323 g/mol. The van der Waals surface area contributed by atoms with E-state index in [4.69, 9.17) is 0 Å². The van der Waals surface area contributed by atoms with E-state index in [9.17, 15) is 4.79 Å². The summed E-state index contributed by atoms with van der Waals surface area (Å²) < 4.78 is 0. The lowest BCUT2D eigenvalue weighted by atomic mass is 10.1. The van der Waals surface area contributed by atoms with Gasteiger partial charge in [0, 0.05) is 18.2 Å². The Morgan fingerprint density at radius 2 is 2.09 bits per heavy atom. The Hall–Kier alpha value is -2.40. The SMILES string of the molecule is O=C(c1cc(-c2ccccc2)n[nH]1)N(Cc1ccsc1)C1CC1. The van der Waals surface area contributed by atoms with E-state index in [-0.39, 0.29) is 5.91 Å². The molecule has 116 valence electrons. The predicted octanol–water partition coefficient (Wildman–Crippen LogP) is 3.94. The zero-order chi connectivity index (χ0) is 15.6. The van der Waals surface area contributed by atoms with Gasteiger partial charge in [-0.25, -0.2) is 0 Å². The average Bonchev–Trinajstić information content (AvgIpc) is 3.10. The summed E-state index contributed by atoms with van der Waals surface area (Å²) in [6.07, 6.45) is 2.19. The van der Waals surface area contributed by atoms with Crippen molar-refractivity contribution in [2.75, 3.05) is 0 Å². The molecule has 1 N–H and O–H groups in total. The Morgan fingerprint density at radius 3 is 2.78 bits per heavy atom. The van der Waals surface area contributed by atoms with Crippen LogP contribution in [0.25, 0.3) is 11.3 Å². The number of nitrogens with one attached hydrogen (secondary N) is 1. The van der Waals surface area contributed by atoms with Crippen LogP contribution in [0.5, 0.6) is 0 Å². The van der Waals surface area contributed by atoms with Crippen molar-refractivity contribution in [2.24, 2.45) is 0 Å². The maximum atomic E-state index is 12.9. The fourth-order valence-electron chi connectivity index (χ4n) is 2.68. The lowest BCUT2D eigenvalue weighted by Gasteiger charge is -2.21. The third-order valence-electron chi connectivity index (χ3n) is 4.06. The molecule has 2 heterocycles. The number of carbonyl (C=O) groups is 1. The molecule has 0 radical (unpaired) electrons. The summed E-state index contributed by atoms with van der Waals surface area (Å²) in [5.41, 5.74) is 3.57. The smallest absolute Gasteiger partial charge is 0.272 e. The number of thiophene rings is 1. The molecule has 1 saturated carbocycles. The third kappa shape index (κ3) is 3.05. The Morgan fingerprint density at radius 1 is 1.26 bits per heavy atom. The second kappa shape index (κ2) is 6.01. The number of aromatic nitrogens is 2. The lowest BCUT2D eigenvalue weighted by Crippen LogP contribution is -2.32. The Bertz CT molecular complexity index is 791. The van der Waals surface area contributed by atoms with E-state index in [0.29, 0.717) is 18.3 Å². The predicted molar refractivity (Wildman–Crippen MR) is 91.2 cm³/mol. The highest BCUT2D eigenvalue weighted by molar-refractivity contribution is 7.07. The molecule has 3 aromatic rings. The Labute approximate surface area is 138 Å². The summed E-state index contributed by atoms with van der Waals surface area (Å²) in [5, 5.41) is 11.4. The molecule has 0 spiro atoms. The van der Waals surface area contributed by atoms with Crippen LogP contribution in [-0.4, -0.2) is 27.0 Å². The molecule has 1 fully saturated rings. The summed E-state index contributed by atoms with van der Waals surface area (Å²) in [6, 6.07) is 14.2. The zero-order valence-corrected chi connectivity index (χ0v) is 13.4. The monoisotopic (exact) mass is 323 g/mol. The number of nitrogens with zero attached hydrogens (tertiary/aromatic N) is 2. The van der Waals surface area contributed by atoms with E-state index in [1.165, 1.54) is 5.56 Å². The van der Waals surface area contributed by atoms with Gasteiger partial charge in [0.15, 0.2) is 0 Å². The number of benzene rings is 1. The van der Waals surface area contributed by atoms with Gasteiger partial charge in [-0.15, -0.1) is 0 Å². The number of H-pyrrole nitrogens is 1. The molecule has 0 atom stereocenters. The standard InChI is InChI=1S/C18H17N3OS/c22-18(21(15-6-7-15)11-13-8-9-23-12-13)17-10-16(19-20-17)14-4-2-1-3-5-14/h1-5,8-10,12,15H,6-7,11H2,(H,19,20). The van der Waals surface area contributed by atoms with Crippen molar-refractivity contribution in [1.29, 1.82) is 0 Å². The summed E-state index contributed by atoms with van der Waals surface area (Å²) in [6.45, 7) is 0.673. The van der Waals surface area contributed by atoms with Gasteiger partial charge in [0.1, 0.15) is 5.69 Å². The number of carbonyl (C=O) groups excluding carboxylic acids is 1. The second-order valence-electron chi connectivity index (χ2n) is 5.83. The lowest BCUT2D eigenvalue weighted by molar-refractivity contribution is 0.0724. The van der Waals surface area contributed by atoms with E-state index in [2.05, 4.69) is 27.0 Å². The van der Waals surface area contributed by atoms with Crippen molar-refractivity contribution < 1.29 is 4.79 Å². The van der Waals surface area contributed by atoms with Gasteiger partial charge < -0.3 is 4.90 Å². The van der Waals surface area contributed by atoms with Gasteiger partial charge in [-0.2, -0.15) is 16.4 Å². The number of rotatable bonds is 5. The van der Waals surface area contributed by atoms with E-state index in [0.717, 1.165) is 24.1 Å². The largest absolute Gasteiger partial charge is 0.330 e. The van der Waals surface area contributed by atoms with Crippen LogP contribution in [0, 0.1) is 0 Å². The molecule has 1 aliphatic rings. The van der Waals surface area contributed by atoms with Crippen molar-refractivity contribution in [2.45, 2.75) is 25.4 Å². The molecule has 4 nitrogen and oxygen atoms in total. The molecule has 0 unspecified atom stereocenters. The first-order valence-corrected chi connectivity index (χ1v) is 8.68. The fraction of sp³-hybridized carbons (Fsp3) is 0.222. The van der Waals surface area contributed by atoms with Gasteiger partial charge in [0.2, 0.25) is 0 Å². The first kappa shape index (κ1) is 14.2. The van der Waals surface area contributed by atoms with Gasteiger partial charge in [0.05, 0.1) is 5.69 Å². The molecule has 5 heteroatoms. The molecule has 4 rings (SSSR count). The molecule has 1 amide bonds. The van der Waals surface area contributed by atoms with Gasteiger partial charge >= 0.3 is 0 Å². The van der Waals surface area contributed by atoms with Crippen LogP contribution in [0.2, 0.25) is 0 Å².